The van der Waals surface area contributed by atoms with Gasteiger partial charge in [-0.3, -0.25) is 9.59 Å². The van der Waals surface area contributed by atoms with Gasteiger partial charge in [-0.25, -0.2) is 0 Å². The molecule has 0 radical (unpaired) electrons. The highest BCUT2D eigenvalue weighted by atomic mass is 79.9. The van der Waals surface area contributed by atoms with Crippen LogP contribution in [0.3, 0.4) is 0 Å². The van der Waals surface area contributed by atoms with Crippen molar-refractivity contribution < 1.29 is 14.7 Å². The molecule has 2 N–H and O–H groups in total. The number of ketones is 2. The zero-order valence-electron chi connectivity index (χ0n) is 12.1. The van der Waals surface area contributed by atoms with Crippen molar-refractivity contribution in [2.45, 2.75) is 19.9 Å². The van der Waals surface area contributed by atoms with E-state index in [2.05, 4.69) is 21.2 Å². The number of carbonyl (C=O) groups excluding carboxylic acids is 2. The van der Waals surface area contributed by atoms with Gasteiger partial charge in [-0.05, 0) is 32.0 Å². The highest BCUT2D eigenvalue weighted by molar-refractivity contribution is 9.10. The fourth-order valence-electron chi connectivity index (χ4n) is 2.69. The summed E-state index contributed by atoms with van der Waals surface area (Å²) in [5, 5.41) is 13.2. The maximum Gasteiger partial charge on any atom is 0.199 e. The minimum absolute atomic E-state index is 0.0717. The van der Waals surface area contributed by atoms with Crippen molar-refractivity contribution in [3.8, 4) is 5.75 Å². The van der Waals surface area contributed by atoms with Crippen LogP contribution in [-0.4, -0.2) is 22.7 Å². The van der Waals surface area contributed by atoms with E-state index in [-0.39, 0.29) is 34.5 Å². The normalized spacial score (nSPS) is 13.1. The van der Waals surface area contributed by atoms with Gasteiger partial charge in [0, 0.05) is 21.8 Å². The van der Waals surface area contributed by atoms with E-state index in [1.165, 1.54) is 6.07 Å². The van der Waals surface area contributed by atoms with E-state index in [1.54, 1.807) is 24.3 Å². The Bertz CT molecular complexity index is 812. The van der Waals surface area contributed by atoms with Crippen molar-refractivity contribution in [1.82, 2.24) is 0 Å². The molecule has 5 heteroatoms. The molecule has 1 aliphatic carbocycles. The first-order valence-electron chi connectivity index (χ1n) is 6.92. The molecule has 0 atom stereocenters. The number of hydrogen-bond acceptors (Lipinski definition) is 4. The second-order valence-corrected chi connectivity index (χ2v) is 6.36. The minimum Gasteiger partial charge on any atom is -0.507 e. The Morgan fingerprint density at radius 2 is 1.73 bits per heavy atom. The van der Waals surface area contributed by atoms with Gasteiger partial charge in [0.1, 0.15) is 5.75 Å². The van der Waals surface area contributed by atoms with Crippen LogP contribution in [0.2, 0.25) is 0 Å². The first-order valence-corrected chi connectivity index (χ1v) is 7.71. The van der Waals surface area contributed by atoms with E-state index in [1.807, 2.05) is 13.8 Å². The maximum absolute atomic E-state index is 12.8. The van der Waals surface area contributed by atoms with Gasteiger partial charge in [0.25, 0.3) is 0 Å². The van der Waals surface area contributed by atoms with Crippen LogP contribution in [0.25, 0.3) is 0 Å². The van der Waals surface area contributed by atoms with Gasteiger partial charge in [0.05, 0.1) is 16.7 Å². The molecule has 0 saturated carbocycles. The Balaban J connectivity index is 2.31. The number of fused-ring (bicyclic) bond motifs is 2. The second kappa shape index (κ2) is 5.25. The lowest BCUT2D eigenvalue weighted by Crippen LogP contribution is -2.24. The van der Waals surface area contributed by atoms with Gasteiger partial charge < -0.3 is 10.4 Å². The average molecular weight is 360 g/mol. The third-order valence-electron chi connectivity index (χ3n) is 3.57. The molecule has 0 unspecified atom stereocenters. The summed E-state index contributed by atoms with van der Waals surface area (Å²) in [6.45, 7) is 3.92. The molecular weight excluding hydrogens is 346 g/mol. The second-order valence-electron chi connectivity index (χ2n) is 5.50. The van der Waals surface area contributed by atoms with E-state index in [0.717, 1.165) is 0 Å². The first kappa shape index (κ1) is 14.8. The Morgan fingerprint density at radius 3 is 2.41 bits per heavy atom. The monoisotopic (exact) mass is 359 g/mol. The van der Waals surface area contributed by atoms with Crippen LogP contribution in [-0.2, 0) is 0 Å². The molecule has 22 heavy (non-hydrogen) atoms. The van der Waals surface area contributed by atoms with E-state index >= 15 is 0 Å². The molecule has 2 aromatic rings. The molecule has 112 valence electrons. The number of rotatable bonds is 2. The highest BCUT2D eigenvalue weighted by Crippen LogP contribution is 2.39. The van der Waals surface area contributed by atoms with Crippen LogP contribution in [0, 0.1) is 0 Å². The number of phenolic OH excluding ortho intramolecular Hbond substituents is 1. The molecule has 2 aromatic carbocycles. The van der Waals surface area contributed by atoms with Gasteiger partial charge in [-0.15, -0.1) is 0 Å². The summed E-state index contributed by atoms with van der Waals surface area (Å²) in [6.07, 6.45) is 0. The number of hydrogen-bond donors (Lipinski definition) is 2. The lowest BCUT2D eigenvalue weighted by molar-refractivity contribution is 0.0976. The van der Waals surface area contributed by atoms with E-state index < -0.39 is 0 Å². The van der Waals surface area contributed by atoms with Gasteiger partial charge in [0.2, 0.25) is 0 Å². The number of halogens is 1. The first-order chi connectivity index (χ1) is 10.4. The quantitative estimate of drug-likeness (QED) is 0.731. The van der Waals surface area contributed by atoms with Crippen molar-refractivity contribution >= 4 is 33.2 Å². The standard InChI is InChI=1S/C17H14BrNO3/c1-8(2)19-11-7-6-10(18)14-15(11)16(21)9-4-3-5-12(20)13(9)17(14)22/h3-8,19-20H,1-2H3. The van der Waals surface area contributed by atoms with Crippen molar-refractivity contribution in [1.29, 1.82) is 0 Å². The van der Waals surface area contributed by atoms with E-state index in [4.69, 9.17) is 0 Å². The van der Waals surface area contributed by atoms with Gasteiger partial charge in [0.15, 0.2) is 11.6 Å². The minimum atomic E-state index is -0.345. The lowest BCUT2D eigenvalue weighted by Gasteiger charge is -2.23. The van der Waals surface area contributed by atoms with Gasteiger partial charge in [-0.2, -0.15) is 0 Å². The summed E-state index contributed by atoms with van der Waals surface area (Å²) >= 11 is 3.34. The number of anilines is 1. The van der Waals surface area contributed by atoms with E-state index in [0.29, 0.717) is 21.3 Å². The maximum atomic E-state index is 12.8. The van der Waals surface area contributed by atoms with Gasteiger partial charge >= 0.3 is 0 Å². The van der Waals surface area contributed by atoms with Crippen molar-refractivity contribution in [3.05, 3.63) is 57.1 Å². The van der Waals surface area contributed by atoms with E-state index in [9.17, 15) is 14.7 Å². The third-order valence-corrected chi connectivity index (χ3v) is 4.23. The smallest absolute Gasteiger partial charge is 0.199 e. The molecule has 0 aromatic heterocycles. The molecule has 0 aliphatic heterocycles. The van der Waals surface area contributed by atoms with Crippen molar-refractivity contribution in [3.63, 3.8) is 0 Å². The van der Waals surface area contributed by atoms with Crippen molar-refractivity contribution in [2.24, 2.45) is 0 Å². The molecular formula is C17H14BrNO3. The fourth-order valence-corrected chi connectivity index (χ4v) is 3.20. The molecule has 0 spiro atoms. The molecule has 0 saturated heterocycles. The Kier molecular flexibility index (Phi) is 3.53. The van der Waals surface area contributed by atoms with Crippen LogP contribution < -0.4 is 5.32 Å². The molecule has 3 rings (SSSR count). The van der Waals surface area contributed by atoms with Gasteiger partial charge in [-0.1, -0.05) is 28.1 Å². The largest absolute Gasteiger partial charge is 0.507 e. The van der Waals surface area contributed by atoms with Crippen molar-refractivity contribution in [2.75, 3.05) is 5.32 Å². The predicted octanol–water partition coefficient (Wildman–Crippen LogP) is 3.75. The number of nitrogens with one attached hydrogen (secondary N) is 1. The highest BCUT2D eigenvalue weighted by Gasteiger charge is 2.35. The summed E-state index contributed by atoms with van der Waals surface area (Å²) < 4.78 is 0.545. The van der Waals surface area contributed by atoms with Crippen LogP contribution in [0.15, 0.2) is 34.8 Å². The summed E-state index contributed by atoms with van der Waals surface area (Å²) in [4.78, 5) is 25.6. The summed E-state index contributed by atoms with van der Waals surface area (Å²) in [7, 11) is 0. The van der Waals surface area contributed by atoms with Crippen LogP contribution >= 0.6 is 15.9 Å². The molecule has 1 aliphatic rings. The average Bonchev–Trinajstić information content (AvgIpc) is 2.45. The summed E-state index contributed by atoms with van der Waals surface area (Å²) in [6, 6.07) is 8.19. The Labute approximate surface area is 136 Å². The number of phenols is 1. The SMILES string of the molecule is CC(C)Nc1ccc(Br)c2c1C(=O)c1cccc(O)c1C2=O. The molecule has 0 bridgehead atoms. The molecule has 4 nitrogen and oxygen atoms in total. The molecule has 0 amide bonds. The van der Waals surface area contributed by atoms with Crippen LogP contribution in [0.1, 0.15) is 45.7 Å². The zero-order valence-corrected chi connectivity index (χ0v) is 13.7. The zero-order chi connectivity index (χ0) is 16.0. The molecule has 0 heterocycles. The van der Waals surface area contributed by atoms with Crippen LogP contribution in [0.5, 0.6) is 5.75 Å². The summed E-state index contributed by atoms with van der Waals surface area (Å²) in [5.74, 6) is -0.775. The van der Waals surface area contributed by atoms with Crippen LogP contribution in [0.4, 0.5) is 5.69 Å². The number of carbonyl (C=O) groups is 2. The fraction of sp³-hybridized carbons (Fsp3) is 0.176. The predicted molar refractivity (Wildman–Crippen MR) is 87.9 cm³/mol. The molecule has 0 fully saturated rings. The Hall–Kier alpha value is -2.14. The Morgan fingerprint density at radius 1 is 1.00 bits per heavy atom. The number of benzene rings is 2. The summed E-state index contributed by atoms with van der Waals surface area (Å²) in [5.41, 5.74) is 1.58. The topological polar surface area (TPSA) is 66.4 Å². The third kappa shape index (κ3) is 2.13. The number of aromatic hydroxyl groups is 1. The lowest BCUT2D eigenvalue weighted by atomic mass is 9.82.